The number of amides is 1. The van der Waals surface area contributed by atoms with E-state index in [4.69, 9.17) is 21.1 Å². The third kappa shape index (κ3) is 5.89. The zero-order valence-corrected chi connectivity index (χ0v) is 20.4. The summed E-state index contributed by atoms with van der Waals surface area (Å²) >= 11 is 6.49. The molecule has 4 rings (SSSR count). The lowest BCUT2D eigenvalue weighted by molar-refractivity contribution is -0.125. The molecule has 178 valence electrons. The lowest BCUT2D eigenvalue weighted by Gasteiger charge is -2.36. The predicted molar refractivity (Wildman–Crippen MR) is 133 cm³/mol. The standard InChI is InChI=1S/C27H35ClN2O3/c1-20-17-21(2)19-30(18-20)13-16-33-23-9-7-22(8-10-23)29-26(31)27(11-14-32-15-12-27)24-5-3-4-6-25(24)28/h3-10,20-21H,11-19H2,1-2H3,(H,29,31)/t20-,21-/m1/s1. The molecule has 33 heavy (non-hydrogen) atoms. The summed E-state index contributed by atoms with van der Waals surface area (Å²) in [5.74, 6) is 2.28. The maximum Gasteiger partial charge on any atom is 0.235 e. The van der Waals surface area contributed by atoms with E-state index in [1.165, 1.54) is 6.42 Å². The second-order valence-corrected chi connectivity index (χ2v) is 10.1. The minimum atomic E-state index is -0.686. The van der Waals surface area contributed by atoms with Gasteiger partial charge >= 0.3 is 0 Å². The quantitative estimate of drug-likeness (QED) is 0.590. The lowest BCUT2D eigenvalue weighted by Crippen LogP contribution is -2.45. The van der Waals surface area contributed by atoms with Crippen LogP contribution in [0.15, 0.2) is 48.5 Å². The highest BCUT2D eigenvalue weighted by atomic mass is 35.5. The summed E-state index contributed by atoms with van der Waals surface area (Å²) < 4.78 is 11.5. The Bertz CT molecular complexity index is 917. The molecule has 1 amide bonds. The average Bonchev–Trinajstić information content (AvgIpc) is 2.80. The van der Waals surface area contributed by atoms with Gasteiger partial charge in [0.05, 0.1) is 5.41 Å². The van der Waals surface area contributed by atoms with Crippen LogP contribution in [-0.4, -0.2) is 50.3 Å². The highest BCUT2D eigenvalue weighted by molar-refractivity contribution is 6.31. The zero-order chi connectivity index (χ0) is 23.3. The number of carbonyl (C=O) groups is 1. The normalized spacial score (nSPS) is 23.1. The number of halogens is 1. The molecule has 0 spiro atoms. The summed E-state index contributed by atoms with van der Waals surface area (Å²) in [6.07, 6.45) is 2.53. The van der Waals surface area contributed by atoms with Crippen LogP contribution in [0.25, 0.3) is 0 Å². The number of nitrogens with zero attached hydrogens (tertiary/aromatic N) is 1. The topological polar surface area (TPSA) is 50.8 Å². The molecule has 2 aromatic rings. The molecule has 2 heterocycles. The van der Waals surface area contributed by atoms with Crippen LogP contribution in [0.3, 0.4) is 0 Å². The molecule has 2 saturated heterocycles. The molecule has 6 heteroatoms. The van der Waals surface area contributed by atoms with Crippen molar-refractivity contribution in [1.82, 2.24) is 4.90 Å². The number of benzene rings is 2. The third-order valence-corrected chi connectivity index (χ3v) is 7.23. The van der Waals surface area contributed by atoms with Crippen LogP contribution in [0.2, 0.25) is 5.02 Å². The SMILES string of the molecule is C[C@@H]1C[C@@H](C)CN(CCOc2ccc(NC(=O)C3(c4ccccc4Cl)CCOCC3)cc2)C1. The molecule has 0 aromatic heterocycles. The predicted octanol–water partition coefficient (Wildman–Crippen LogP) is 5.38. The first-order valence-corrected chi connectivity index (χ1v) is 12.4. The van der Waals surface area contributed by atoms with Crippen molar-refractivity contribution in [3.8, 4) is 5.75 Å². The van der Waals surface area contributed by atoms with Crippen LogP contribution in [0.4, 0.5) is 5.69 Å². The molecule has 0 unspecified atom stereocenters. The molecule has 0 aliphatic carbocycles. The van der Waals surface area contributed by atoms with Crippen molar-refractivity contribution in [2.45, 2.75) is 38.5 Å². The fourth-order valence-corrected chi connectivity index (χ4v) is 5.66. The van der Waals surface area contributed by atoms with Crippen LogP contribution < -0.4 is 10.1 Å². The maximum atomic E-state index is 13.5. The highest BCUT2D eigenvalue weighted by Crippen LogP contribution is 2.39. The van der Waals surface area contributed by atoms with Gasteiger partial charge in [-0.2, -0.15) is 0 Å². The van der Waals surface area contributed by atoms with E-state index in [9.17, 15) is 4.79 Å². The van der Waals surface area contributed by atoms with Gasteiger partial charge < -0.3 is 14.8 Å². The third-order valence-electron chi connectivity index (χ3n) is 6.90. The fraction of sp³-hybridized carbons (Fsp3) is 0.519. The molecule has 2 fully saturated rings. The van der Waals surface area contributed by atoms with Gasteiger partial charge in [0.15, 0.2) is 0 Å². The molecule has 0 radical (unpaired) electrons. The number of piperidine rings is 1. The molecule has 2 aromatic carbocycles. The van der Waals surface area contributed by atoms with E-state index in [1.54, 1.807) is 0 Å². The first-order valence-electron chi connectivity index (χ1n) is 12.1. The number of likely N-dealkylation sites (tertiary alicyclic amines) is 1. The van der Waals surface area contributed by atoms with Crippen molar-refractivity contribution >= 4 is 23.2 Å². The number of anilines is 1. The van der Waals surface area contributed by atoms with E-state index in [-0.39, 0.29) is 5.91 Å². The molecule has 0 bridgehead atoms. The van der Waals surface area contributed by atoms with E-state index < -0.39 is 5.41 Å². The average molecular weight is 471 g/mol. The number of nitrogens with one attached hydrogen (secondary N) is 1. The van der Waals surface area contributed by atoms with Crippen molar-refractivity contribution in [2.24, 2.45) is 11.8 Å². The Morgan fingerprint density at radius 3 is 2.42 bits per heavy atom. The van der Waals surface area contributed by atoms with Crippen molar-refractivity contribution in [3.63, 3.8) is 0 Å². The summed E-state index contributed by atoms with van der Waals surface area (Å²) in [4.78, 5) is 16.0. The summed E-state index contributed by atoms with van der Waals surface area (Å²) in [6.45, 7) is 9.64. The molecule has 5 nitrogen and oxygen atoms in total. The molecule has 2 aliphatic heterocycles. The van der Waals surface area contributed by atoms with Crippen LogP contribution in [-0.2, 0) is 14.9 Å². The van der Waals surface area contributed by atoms with Crippen LogP contribution in [0.5, 0.6) is 5.75 Å². The summed E-state index contributed by atoms with van der Waals surface area (Å²) in [5, 5.41) is 3.73. The Labute approximate surface area is 202 Å². The van der Waals surface area contributed by atoms with Gasteiger partial charge in [0, 0.05) is 43.6 Å². The first-order chi connectivity index (χ1) is 16.0. The Kier molecular flexibility index (Phi) is 7.94. The highest BCUT2D eigenvalue weighted by Gasteiger charge is 2.43. The van der Waals surface area contributed by atoms with Crippen molar-refractivity contribution < 1.29 is 14.3 Å². The molecular weight excluding hydrogens is 436 g/mol. The molecule has 2 aliphatic rings. The van der Waals surface area contributed by atoms with Gasteiger partial charge in [0.1, 0.15) is 12.4 Å². The maximum absolute atomic E-state index is 13.5. The Hall–Kier alpha value is -2.08. The number of rotatable bonds is 7. The first kappa shape index (κ1) is 24.1. The van der Waals surface area contributed by atoms with Gasteiger partial charge in [-0.3, -0.25) is 9.69 Å². The minimum absolute atomic E-state index is 0.0408. The van der Waals surface area contributed by atoms with Gasteiger partial charge in [-0.15, -0.1) is 0 Å². The second-order valence-electron chi connectivity index (χ2n) is 9.71. The fourth-order valence-electron chi connectivity index (χ4n) is 5.34. The minimum Gasteiger partial charge on any atom is -0.492 e. The van der Waals surface area contributed by atoms with E-state index in [0.29, 0.717) is 37.7 Å². The second kappa shape index (κ2) is 10.9. The molecule has 0 saturated carbocycles. The Morgan fingerprint density at radius 1 is 1.09 bits per heavy atom. The van der Waals surface area contributed by atoms with E-state index in [1.807, 2.05) is 48.5 Å². The van der Waals surface area contributed by atoms with E-state index in [2.05, 4.69) is 24.1 Å². The molecular formula is C27H35ClN2O3. The monoisotopic (exact) mass is 470 g/mol. The van der Waals surface area contributed by atoms with Gasteiger partial charge in [0.2, 0.25) is 5.91 Å². The van der Waals surface area contributed by atoms with Crippen LogP contribution in [0, 0.1) is 11.8 Å². The Balaban J connectivity index is 1.36. The van der Waals surface area contributed by atoms with Gasteiger partial charge in [-0.05, 0) is 67.0 Å². The molecule has 2 atom stereocenters. The number of hydrogen-bond donors (Lipinski definition) is 1. The van der Waals surface area contributed by atoms with E-state index >= 15 is 0 Å². The van der Waals surface area contributed by atoms with Crippen molar-refractivity contribution in [2.75, 3.05) is 44.8 Å². The Morgan fingerprint density at radius 2 is 1.76 bits per heavy atom. The number of carbonyl (C=O) groups excluding carboxylic acids is 1. The van der Waals surface area contributed by atoms with Crippen molar-refractivity contribution in [3.05, 3.63) is 59.1 Å². The zero-order valence-electron chi connectivity index (χ0n) is 19.7. The number of hydrogen-bond acceptors (Lipinski definition) is 4. The lowest BCUT2D eigenvalue weighted by atomic mass is 9.73. The van der Waals surface area contributed by atoms with Gasteiger partial charge in [0.25, 0.3) is 0 Å². The van der Waals surface area contributed by atoms with Crippen LogP contribution in [0.1, 0.15) is 38.7 Å². The van der Waals surface area contributed by atoms with E-state index in [0.717, 1.165) is 48.5 Å². The summed E-state index contributed by atoms with van der Waals surface area (Å²) in [7, 11) is 0. The molecule has 1 N–H and O–H groups in total. The summed E-state index contributed by atoms with van der Waals surface area (Å²) in [5.41, 5.74) is 0.937. The number of ether oxygens (including phenoxy) is 2. The van der Waals surface area contributed by atoms with Crippen LogP contribution >= 0.6 is 11.6 Å². The van der Waals surface area contributed by atoms with Gasteiger partial charge in [-0.1, -0.05) is 43.6 Å². The largest absolute Gasteiger partial charge is 0.492 e. The summed E-state index contributed by atoms with van der Waals surface area (Å²) in [6, 6.07) is 15.3. The smallest absolute Gasteiger partial charge is 0.235 e. The van der Waals surface area contributed by atoms with Crippen molar-refractivity contribution in [1.29, 1.82) is 0 Å². The van der Waals surface area contributed by atoms with Gasteiger partial charge in [-0.25, -0.2) is 0 Å².